The van der Waals surface area contributed by atoms with Gasteiger partial charge in [0.2, 0.25) is 0 Å². The SMILES string of the molecule is COC(=O)N1CCO[C@@H](Cn2c(-c3c(F)cc(S(C)(=O)=O)cc3Cl)nc3cc(Cl)c(F)cc32)C1. The van der Waals surface area contributed by atoms with E-state index < -0.39 is 33.7 Å². The summed E-state index contributed by atoms with van der Waals surface area (Å²) in [6.07, 6.45) is -0.141. The number of amides is 1. The van der Waals surface area contributed by atoms with Crippen molar-refractivity contribution in [1.29, 1.82) is 0 Å². The molecule has 8 nitrogen and oxygen atoms in total. The number of benzene rings is 2. The van der Waals surface area contributed by atoms with E-state index in [0.29, 0.717) is 12.1 Å². The number of methoxy groups -OCH3 is 1. The van der Waals surface area contributed by atoms with Gasteiger partial charge in [0.25, 0.3) is 0 Å². The van der Waals surface area contributed by atoms with Gasteiger partial charge in [-0.25, -0.2) is 27.0 Å². The Balaban J connectivity index is 1.85. The van der Waals surface area contributed by atoms with Crippen LogP contribution in [-0.4, -0.2) is 68.1 Å². The van der Waals surface area contributed by atoms with Crippen LogP contribution in [0.15, 0.2) is 29.2 Å². The van der Waals surface area contributed by atoms with E-state index >= 15 is 4.39 Å². The number of sulfone groups is 1. The summed E-state index contributed by atoms with van der Waals surface area (Å²) in [6, 6.07) is 4.43. The lowest BCUT2D eigenvalue weighted by Gasteiger charge is -2.32. The van der Waals surface area contributed by atoms with Gasteiger partial charge in [-0.2, -0.15) is 0 Å². The number of carbonyl (C=O) groups excluding carboxylic acids is 1. The Kier molecular flexibility index (Phi) is 6.74. The predicted molar refractivity (Wildman–Crippen MR) is 122 cm³/mol. The summed E-state index contributed by atoms with van der Waals surface area (Å²) in [4.78, 5) is 17.5. The fourth-order valence-electron chi connectivity index (χ4n) is 3.80. The van der Waals surface area contributed by atoms with Gasteiger partial charge >= 0.3 is 6.09 Å². The molecule has 2 heterocycles. The van der Waals surface area contributed by atoms with Crippen LogP contribution in [0, 0.1) is 11.6 Å². The number of fused-ring (bicyclic) bond motifs is 1. The Bertz CT molecular complexity index is 1370. The molecule has 34 heavy (non-hydrogen) atoms. The van der Waals surface area contributed by atoms with Crippen molar-refractivity contribution in [2.45, 2.75) is 17.5 Å². The van der Waals surface area contributed by atoms with Crippen molar-refractivity contribution in [2.24, 2.45) is 0 Å². The lowest BCUT2D eigenvalue weighted by Crippen LogP contribution is -2.47. The zero-order valence-electron chi connectivity index (χ0n) is 18.0. The van der Waals surface area contributed by atoms with Crippen LogP contribution >= 0.6 is 23.2 Å². The molecular formula is C21H19Cl2F2N3O5S. The highest BCUT2D eigenvalue weighted by Gasteiger charge is 2.28. The van der Waals surface area contributed by atoms with Crippen LogP contribution in [0.4, 0.5) is 13.6 Å². The van der Waals surface area contributed by atoms with Crippen molar-refractivity contribution >= 4 is 50.2 Å². The van der Waals surface area contributed by atoms with E-state index in [1.165, 1.54) is 22.6 Å². The number of hydrogen-bond donors (Lipinski definition) is 0. The molecule has 0 aliphatic carbocycles. The second-order valence-corrected chi connectivity index (χ2v) is 10.6. The van der Waals surface area contributed by atoms with Crippen molar-refractivity contribution in [3.8, 4) is 11.4 Å². The maximum atomic E-state index is 15.2. The van der Waals surface area contributed by atoms with Crippen LogP contribution in [0.25, 0.3) is 22.4 Å². The van der Waals surface area contributed by atoms with Crippen molar-refractivity contribution in [3.63, 3.8) is 0 Å². The Labute approximate surface area is 203 Å². The monoisotopic (exact) mass is 533 g/mol. The van der Waals surface area contributed by atoms with Crippen LogP contribution < -0.4 is 0 Å². The first-order valence-corrected chi connectivity index (χ1v) is 12.6. The number of aromatic nitrogens is 2. The highest BCUT2D eigenvalue weighted by Crippen LogP contribution is 2.36. The third-order valence-corrected chi connectivity index (χ3v) is 7.10. The van der Waals surface area contributed by atoms with Gasteiger partial charge in [-0.15, -0.1) is 0 Å². The molecule has 1 atom stereocenters. The van der Waals surface area contributed by atoms with Crippen LogP contribution in [0.1, 0.15) is 0 Å². The second-order valence-electron chi connectivity index (χ2n) is 7.74. The Morgan fingerprint density at radius 2 is 1.94 bits per heavy atom. The second kappa shape index (κ2) is 9.29. The smallest absolute Gasteiger partial charge is 0.409 e. The number of morpholine rings is 1. The van der Waals surface area contributed by atoms with Gasteiger partial charge in [-0.3, -0.25) is 0 Å². The molecule has 0 unspecified atom stereocenters. The normalized spacial score (nSPS) is 16.8. The van der Waals surface area contributed by atoms with Gasteiger partial charge in [0, 0.05) is 18.9 Å². The number of halogens is 4. The molecule has 0 N–H and O–H groups in total. The molecule has 0 spiro atoms. The zero-order chi connectivity index (χ0) is 24.8. The third-order valence-electron chi connectivity index (χ3n) is 5.42. The molecule has 1 fully saturated rings. The maximum Gasteiger partial charge on any atom is 0.409 e. The van der Waals surface area contributed by atoms with Gasteiger partial charge in [-0.1, -0.05) is 23.2 Å². The van der Waals surface area contributed by atoms with E-state index in [1.54, 1.807) is 0 Å². The van der Waals surface area contributed by atoms with Gasteiger partial charge in [-0.05, 0) is 18.2 Å². The van der Waals surface area contributed by atoms with Crippen molar-refractivity contribution in [3.05, 3.63) is 45.9 Å². The minimum absolute atomic E-state index is 0.0259. The molecule has 0 radical (unpaired) electrons. The van der Waals surface area contributed by atoms with Crippen LogP contribution in [0.5, 0.6) is 0 Å². The topological polar surface area (TPSA) is 90.7 Å². The third kappa shape index (κ3) is 4.70. The average molecular weight is 534 g/mol. The first-order valence-electron chi connectivity index (χ1n) is 9.99. The van der Waals surface area contributed by atoms with Gasteiger partial charge in [0.1, 0.15) is 17.5 Å². The van der Waals surface area contributed by atoms with E-state index in [9.17, 15) is 17.6 Å². The van der Waals surface area contributed by atoms with E-state index in [2.05, 4.69) is 4.98 Å². The van der Waals surface area contributed by atoms with Crippen LogP contribution in [0.2, 0.25) is 10.0 Å². The fraction of sp³-hybridized carbons (Fsp3) is 0.333. The summed E-state index contributed by atoms with van der Waals surface area (Å²) in [5.74, 6) is -1.60. The van der Waals surface area contributed by atoms with E-state index in [4.69, 9.17) is 32.7 Å². The molecule has 1 aromatic heterocycles. The summed E-state index contributed by atoms with van der Waals surface area (Å²) < 4.78 is 65.3. The molecule has 1 aliphatic heterocycles. The van der Waals surface area contributed by atoms with Gasteiger partial charge in [0.05, 0.1) is 64.4 Å². The first-order chi connectivity index (χ1) is 16.0. The van der Waals surface area contributed by atoms with Crippen molar-refractivity contribution < 1.29 is 31.5 Å². The van der Waals surface area contributed by atoms with E-state index in [0.717, 1.165) is 24.5 Å². The maximum absolute atomic E-state index is 15.2. The zero-order valence-corrected chi connectivity index (χ0v) is 20.3. The summed E-state index contributed by atoms with van der Waals surface area (Å²) in [7, 11) is -2.45. The lowest BCUT2D eigenvalue weighted by molar-refractivity contribution is -0.0310. The molecule has 0 saturated carbocycles. The fourth-order valence-corrected chi connectivity index (χ4v) is 4.97. The number of ether oxygens (including phenoxy) is 2. The average Bonchev–Trinajstić information content (AvgIpc) is 3.09. The molecule has 1 saturated heterocycles. The van der Waals surface area contributed by atoms with E-state index in [1.807, 2.05) is 0 Å². The minimum Gasteiger partial charge on any atom is -0.453 e. The van der Waals surface area contributed by atoms with Gasteiger partial charge in [0.15, 0.2) is 9.84 Å². The molecule has 0 bridgehead atoms. The number of nitrogens with zero attached hydrogens (tertiary/aromatic N) is 3. The summed E-state index contributed by atoms with van der Waals surface area (Å²) >= 11 is 12.2. The Hall–Kier alpha value is -2.47. The summed E-state index contributed by atoms with van der Waals surface area (Å²) in [5.41, 5.74) is 0.394. The first kappa shape index (κ1) is 24.6. The standard InChI is InChI=1S/C21H19Cl2F2N3O5S/c1-32-21(29)27-3-4-33-11(9-27)10-28-18-8-15(24)13(22)7-17(18)26-20(28)19-14(23)5-12(6-16(19)25)34(2,30)31/h5-8,11H,3-4,9-10H2,1-2H3/t11-/m1/s1. The number of carbonyl (C=O) groups is 1. The number of hydrogen-bond acceptors (Lipinski definition) is 6. The molecule has 1 aliphatic rings. The van der Waals surface area contributed by atoms with Crippen molar-refractivity contribution in [1.82, 2.24) is 14.5 Å². The molecule has 182 valence electrons. The lowest BCUT2D eigenvalue weighted by atomic mass is 10.2. The molecule has 2 aromatic carbocycles. The number of rotatable bonds is 4. The Morgan fingerprint density at radius 3 is 2.59 bits per heavy atom. The van der Waals surface area contributed by atoms with Crippen LogP contribution in [0.3, 0.4) is 0 Å². The molecule has 1 amide bonds. The summed E-state index contributed by atoms with van der Waals surface area (Å²) in [5, 5.41) is -0.363. The van der Waals surface area contributed by atoms with Crippen molar-refractivity contribution in [2.75, 3.05) is 33.1 Å². The van der Waals surface area contributed by atoms with Gasteiger partial charge < -0.3 is 18.9 Å². The molecule has 13 heteroatoms. The number of imidazole rings is 1. The quantitative estimate of drug-likeness (QED) is 0.500. The molecule has 3 aromatic rings. The molecule has 4 rings (SSSR count). The predicted octanol–water partition coefficient (Wildman–Crippen LogP) is 4.16. The highest BCUT2D eigenvalue weighted by atomic mass is 35.5. The Morgan fingerprint density at radius 1 is 1.21 bits per heavy atom. The summed E-state index contributed by atoms with van der Waals surface area (Å²) in [6.45, 7) is 0.799. The van der Waals surface area contributed by atoms with E-state index in [-0.39, 0.29) is 51.5 Å². The largest absolute Gasteiger partial charge is 0.453 e. The molecular weight excluding hydrogens is 515 g/mol. The van der Waals surface area contributed by atoms with Crippen LogP contribution in [-0.2, 0) is 25.9 Å². The minimum atomic E-state index is -3.72. The highest BCUT2D eigenvalue weighted by molar-refractivity contribution is 7.90.